The lowest BCUT2D eigenvalue weighted by atomic mass is 9.97. The summed E-state index contributed by atoms with van der Waals surface area (Å²) in [5.41, 5.74) is 1.76. The van der Waals surface area contributed by atoms with Crippen molar-refractivity contribution >= 4 is 23.2 Å². The van der Waals surface area contributed by atoms with Gasteiger partial charge in [-0.2, -0.15) is 0 Å². The molecule has 1 aliphatic rings. The Morgan fingerprint density at radius 2 is 2.00 bits per heavy atom. The summed E-state index contributed by atoms with van der Waals surface area (Å²) in [5.74, 6) is 0.789. The maximum absolute atomic E-state index is 12.5. The molecule has 1 heterocycles. The minimum Gasteiger partial charge on any atom is -0.495 e. The molecule has 1 amide bonds. The standard InChI is InChI=1S/C17H25ClN2O2/c1-11-8-15(16(22-4)9-14(11)18)19-10-17(21)20-12(2)6-5-7-13(20)3/h8-9,12-13,19H,5-7,10H2,1-4H3. The highest BCUT2D eigenvalue weighted by Gasteiger charge is 2.28. The van der Waals surface area contributed by atoms with Crippen LogP contribution in [0.25, 0.3) is 0 Å². The lowest BCUT2D eigenvalue weighted by Crippen LogP contribution is -2.49. The number of benzene rings is 1. The second-order valence-corrected chi connectivity index (χ2v) is 6.49. The summed E-state index contributed by atoms with van der Waals surface area (Å²) in [7, 11) is 1.60. The van der Waals surface area contributed by atoms with Gasteiger partial charge in [0.15, 0.2) is 0 Å². The van der Waals surface area contributed by atoms with Crippen LogP contribution in [0.3, 0.4) is 0 Å². The number of halogens is 1. The van der Waals surface area contributed by atoms with Gasteiger partial charge in [0.25, 0.3) is 0 Å². The van der Waals surface area contributed by atoms with E-state index in [0.717, 1.165) is 24.1 Å². The Balaban J connectivity index is 2.06. The average molecular weight is 325 g/mol. The zero-order chi connectivity index (χ0) is 16.3. The van der Waals surface area contributed by atoms with Crippen molar-refractivity contribution in [2.24, 2.45) is 0 Å². The van der Waals surface area contributed by atoms with Crippen molar-refractivity contribution < 1.29 is 9.53 Å². The molecule has 1 fully saturated rings. The van der Waals surface area contributed by atoms with Crippen LogP contribution in [0.5, 0.6) is 5.75 Å². The number of carbonyl (C=O) groups is 1. The van der Waals surface area contributed by atoms with Gasteiger partial charge in [0.2, 0.25) is 5.91 Å². The molecular weight excluding hydrogens is 300 g/mol. The molecular formula is C17H25ClN2O2. The number of methoxy groups -OCH3 is 1. The molecule has 2 rings (SSSR count). The van der Waals surface area contributed by atoms with Gasteiger partial charge in [0.05, 0.1) is 19.3 Å². The predicted octanol–water partition coefficient (Wildman–Crippen LogP) is 3.86. The molecule has 0 aliphatic carbocycles. The fourth-order valence-corrected chi connectivity index (χ4v) is 3.30. The van der Waals surface area contributed by atoms with Crippen molar-refractivity contribution in [1.82, 2.24) is 4.90 Å². The third-order valence-corrected chi connectivity index (χ3v) is 4.80. The van der Waals surface area contributed by atoms with Crippen LogP contribution in [-0.2, 0) is 4.79 Å². The van der Waals surface area contributed by atoms with Crippen LogP contribution < -0.4 is 10.1 Å². The summed E-state index contributed by atoms with van der Waals surface area (Å²) < 4.78 is 5.33. The Morgan fingerprint density at radius 1 is 1.36 bits per heavy atom. The maximum atomic E-state index is 12.5. The van der Waals surface area contributed by atoms with Gasteiger partial charge in [-0.25, -0.2) is 0 Å². The predicted molar refractivity (Wildman–Crippen MR) is 90.9 cm³/mol. The SMILES string of the molecule is COc1cc(Cl)c(C)cc1NCC(=O)N1C(C)CCCC1C. The van der Waals surface area contributed by atoms with E-state index in [4.69, 9.17) is 16.3 Å². The van der Waals surface area contributed by atoms with Gasteiger partial charge < -0.3 is 15.0 Å². The van der Waals surface area contributed by atoms with Crippen LogP contribution in [0.1, 0.15) is 38.7 Å². The van der Waals surface area contributed by atoms with Crippen molar-refractivity contribution in [3.8, 4) is 5.75 Å². The number of nitrogens with one attached hydrogen (secondary N) is 1. The monoisotopic (exact) mass is 324 g/mol. The highest BCUT2D eigenvalue weighted by Crippen LogP contribution is 2.31. The normalized spacial score (nSPS) is 21.6. The number of carbonyl (C=O) groups excluding carboxylic acids is 1. The maximum Gasteiger partial charge on any atom is 0.242 e. The van der Waals surface area contributed by atoms with E-state index in [1.165, 1.54) is 6.42 Å². The molecule has 0 radical (unpaired) electrons. The first-order valence-corrected chi connectivity index (χ1v) is 8.21. The zero-order valence-corrected chi connectivity index (χ0v) is 14.5. The highest BCUT2D eigenvalue weighted by atomic mass is 35.5. The number of amides is 1. The Morgan fingerprint density at radius 3 is 2.59 bits per heavy atom. The molecule has 0 aromatic heterocycles. The topological polar surface area (TPSA) is 41.6 Å². The van der Waals surface area contributed by atoms with E-state index in [0.29, 0.717) is 22.9 Å². The molecule has 0 spiro atoms. The summed E-state index contributed by atoms with van der Waals surface area (Å²) in [4.78, 5) is 14.5. The minimum atomic E-state index is 0.134. The Bertz CT molecular complexity index is 538. The van der Waals surface area contributed by atoms with Gasteiger partial charge in [0.1, 0.15) is 5.75 Å². The quantitative estimate of drug-likeness (QED) is 0.914. The second-order valence-electron chi connectivity index (χ2n) is 6.09. The number of hydrogen-bond acceptors (Lipinski definition) is 3. The lowest BCUT2D eigenvalue weighted by Gasteiger charge is -2.39. The van der Waals surface area contributed by atoms with E-state index in [9.17, 15) is 4.79 Å². The molecule has 122 valence electrons. The molecule has 1 N–H and O–H groups in total. The first-order chi connectivity index (χ1) is 10.4. The third-order valence-electron chi connectivity index (χ3n) is 4.39. The molecule has 1 saturated heterocycles. The van der Waals surface area contributed by atoms with Gasteiger partial charge in [-0.1, -0.05) is 11.6 Å². The second kappa shape index (κ2) is 7.23. The molecule has 2 atom stereocenters. The number of aryl methyl sites for hydroxylation is 1. The molecule has 4 nitrogen and oxygen atoms in total. The first kappa shape index (κ1) is 16.9. The van der Waals surface area contributed by atoms with Gasteiger partial charge in [0, 0.05) is 23.2 Å². The number of hydrogen-bond donors (Lipinski definition) is 1. The third kappa shape index (κ3) is 3.67. The van der Waals surface area contributed by atoms with E-state index >= 15 is 0 Å². The van der Waals surface area contributed by atoms with Crippen LogP contribution in [0.15, 0.2) is 12.1 Å². The van der Waals surface area contributed by atoms with Crippen LogP contribution in [0.2, 0.25) is 5.02 Å². The number of piperidine rings is 1. The molecule has 1 aromatic rings. The van der Waals surface area contributed by atoms with Gasteiger partial charge in [-0.15, -0.1) is 0 Å². The summed E-state index contributed by atoms with van der Waals surface area (Å²) in [5, 5.41) is 3.85. The summed E-state index contributed by atoms with van der Waals surface area (Å²) >= 11 is 6.10. The van der Waals surface area contributed by atoms with Gasteiger partial charge >= 0.3 is 0 Å². The van der Waals surface area contributed by atoms with Crippen LogP contribution >= 0.6 is 11.6 Å². The summed E-state index contributed by atoms with van der Waals surface area (Å²) in [6.07, 6.45) is 3.36. The van der Waals surface area contributed by atoms with E-state index in [1.807, 2.05) is 17.9 Å². The summed E-state index contributed by atoms with van der Waals surface area (Å²) in [6.45, 7) is 6.46. The molecule has 2 unspecified atom stereocenters. The average Bonchev–Trinajstić information content (AvgIpc) is 2.47. The fourth-order valence-electron chi connectivity index (χ4n) is 3.15. The first-order valence-electron chi connectivity index (χ1n) is 7.83. The Hall–Kier alpha value is -1.42. The smallest absolute Gasteiger partial charge is 0.242 e. The van der Waals surface area contributed by atoms with Gasteiger partial charge in [-0.3, -0.25) is 4.79 Å². The van der Waals surface area contributed by atoms with E-state index in [1.54, 1.807) is 13.2 Å². The zero-order valence-electron chi connectivity index (χ0n) is 13.8. The van der Waals surface area contributed by atoms with Crippen molar-refractivity contribution in [2.75, 3.05) is 19.0 Å². The Kier molecular flexibility index (Phi) is 5.57. The van der Waals surface area contributed by atoms with E-state index < -0.39 is 0 Å². The lowest BCUT2D eigenvalue weighted by molar-refractivity contribution is -0.135. The Labute approximate surface area is 137 Å². The number of nitrogens with zero attached hydrogens (tertiary/aromatic N) is 1. The van der Waals surface area contributed by atoms with Crippen LogP contribution in [0.4, 0.5) is 5.69 Å². The van der Waals surface area contributed by atoms with Crippen molar-refractivity contribution in [3.05, 3.63) is 22.7 Å². The molecule has 22 heavy (non-hydrogen) atoms. The highest BCUT2D eigenvalue weighted by molar-refractivity contribution is 6.31. The minimum absolute atomic E-state index is 0.134. The molecule has 0 saturated carbocycles. The molecule has 0 bridgehead atoms. The molecule has 1 aliphatic heterocycles. The number of rotatable bonds is 4. The van der Waals surface area contributed by atoms with Crippen molar-refractivity contribution in [3.63, 3.8) is 0 Å². The molecule has 1 aromatic carbocycles. The summed E-state index contributed by atoms with van der Waals surface area (Å²) in [6, 6.07) is 4.31. The van der Waals surface area contributed by atoms with E-state index in [-0.39, 0.29) is 12.5 Å². The van der Waals surface area contributed by atoms with Gasteiger partial charge in [-0.05, 0) is 51.7 Å². The van der Waals surface area contributed by atoms with E-state index in [2.05, 4.69) is 19.2 Å². The fraction of sp³-hybridized carbons (Fsp3) is 0.588. The van der Waals surface area contributed by atoms with Crippen molar-refractivity contribution in [2.45, 2.75) is 52.1 Å². The van der Waals surface area contributed by atoms with Crippen LogP contribution in [0, 0.1) is 6.92 Å². The number of anilines is 1. The number of ether oxygens (including phenoxy) is 1. The van der Waals surface area contributed by atoms with Crippen molar-refractivity contribution in [1.29, 1.82) is 0 Å². The molecule has 5 heteroatoms. The largest absolute Gasteiger partial charge is 0.495 e. The van der Waals surface area contributed by atoms with Crippen LogP contribution in [-0.4, -0.2) is 36.5 Å². The number of likely N-dealkylation sites (tertiary alicyclic amines) is 1.